The lowest BCUT2D eigenvalue weighted by molar-refractivity contribution is 0.590. The predicted molar refractivity (Wildman–Crippen MR) is 82.8 cm³/mol. The summed E-state index contributed by atoms with van der Waals surface area (Å²) in [6.45, 7) is 3.81. The van der Waals surface area contributed by atoms with E-state index in [9.17, 15) is 12.8 Å². The molecule has 0 aromatic heterocycles. The average Bonchev–Trinajstić information content (AvgIpc) is 2.42. The number of sulfonamides is 1. The number of aryl methyl sites for hydroxylation is 1. The van der Waals surface area contributed by atoms with Gasteiger partial charge in [0.1, 0.15) is 5.82 Å². The second-order valence-corrected chi connectivity index (χ2v) is 6.85. The van der Waals surface area contributed by atoms with Crippen LogP contribution in [-0.2, 0) is 10.0 Å². The van der Waals surface area contributed by atoms with Crippen LogP contribution in [0, 0.1) is 12.7 Å². The van der Waals surface area contributed by atoms with Crippen LogP contribution >= 0.6 is 11.6 Å². The summed E-state index contributed by atoms with van der Waals surface area (Å²) in [5.74, 6) is -0.473. The molecule has 0 amide bonds. The summed E-state index contributed by atoms with van der Waals surface area (Å²) in [6.07, 6.45) is 0. The van der Waals surface area contributed by atoms with Gasteiger partial charge in [-0.1, -0.05) is 11.6 Å². The maximum atomic E-state index is 13.0. The van der Waals surface area contributed by atoms with Crippen molar-refractivity contribution in [2.24, 2.45) is 0 Å². The lowest BCUT2D eigenvalue weighted by atomic mass is 10.2. The summed E-state index contributed by atoms with van der Waals surface area (Å²) in [4.78, 5) is 0.0556. The van der Waals surface area contributed by atoms with Crippen molar-refractivity contribution in [3.63, 3.8) is 0 Å². The zero-order valence-corrected chi connectivity index (χ0v) is 13.2. The Labute approximate surface area is 129 Å². The summed E-state index contributed by atoms with van der Waals surface area (Å²) < 4.78 is 39.6. The van der Waals surface area contributed by atoms with Crippen LogP contribution in [-0.4, -0.2) is 15.0 Å². The van der Waals surface area contributed by atoms with Crippen LogP contribution in [0.25, 0.3) is 0 Å². The summed E-state index contributed by atoms with van der Waals surface area (Å²) in [6, 6.07) is 9.82. The first-order valence-corrected chi connectivity index (χ1v) is 8.22. The van der Waals surface area contributed by atoms with E-state index >= 15 is 0 Å². The Morgan fingerprint density at radius 1 is 1.14 bits per heavy atom. The second kappa shape index (κ2) is 6.03. The van der Waals surface area contributed by atoms with Gasteiger partial charge in [-0.3, -0.25) is 4.31 Å². The van der Waals surface area contributed by atoms with E-state index in [2.05, 4.69) is 0 Å². The first kappa shape index (κ1) is 15.8. The number of hydrogen-bond acceptors (Lipinski definition) is 2. The molecule has 0 unspecified atom stereocenters. The second-order valence-electron chi connectivity index (χ2n) is 4.55. The number of hydrogen-bond donors (Lipinski definition) is 0. The van der Waals surface area contributed by atoms with Gasteiger partial charge in [0.05, 0.1) is 10.6 Å². The average molecular weight is 328 g/mol. The maximum Gasteiger partial charge on any atom is 0.264 e. The van der Waals surface area contributed by atoms with Gasteiger partial charge in [-0.05, 0) is 61.9 Å². The molecule has 21 heavy (non-hydrogen) atoms. The number of benzene rings is 2. The molecular formula is C15H15ClFNO2S. The minimum Gasteiger partial charge on any atom is -0.266 e. The molecule has 0 aliphatic heterocycles. The van der Waals surface area contributed by atoms with Crippen molar-refractivity contribution in [1.29, 1.82) is 0 Å². The smallest absolute Gasteiger partial charge is 0.264 e. The summed E-state index contributed by atoms with van der Waals surface area (Å²) in [5.41, 5.74) is 1.32. The van der Waals surface area contributed by atoms with Crippen LogP contribution in [0.1, 0.15) is 12.5 Å². The van der Waals surface area contributed by atoms with Crippen molar-refractivity contribution in [3.8, 4) is 0 Å². The summed E-state index contributed by atoms with van der Waals surface area (Å²) in [7, 11) is -3.73. The quantitative estimate of drug-likeness (QED) is 0.851. The van der Waals surface area contributed by atoms with Gasteiger partial charge in [-0.25, -0.2) is 12.8 Å². The van der Waals surface area contributed by atoms with E-state index in [1.807, 2.05) is 0 Å². The third-order valence-corrected chi connectivity index (χ3v) is 5.25. The Hall–Kier alpha value is -1.59. The van der Waals surface area contributed by atoms with Gasteiger partial charge >= 0.3 is 0 Å². The minimum atomic E-state index is -3.73. The van der Waals surface area contributed by atoms with Crippen LogP contribution in [0.3, 0.4) is 0 Å². The van der Waals surface area contributed by atoms with Crippen molar-refractivity contribution < 1.29 is 12.8 Å². The van der Waals surface area contributed by atoms with E-state index in [4.69, 9.17) is 11.6 Å². The van der Waals surface area contributed by atoms with Gasteiger partial charge in [-0.15, -0.1) is 0 Å². The highest BCUT2D eigenvalue weighted by Gasteiger charge is 2.24. The van der Waals surface area contributed by atoms with E-state index in [1.54, 1.807) is 32.0 Å². The molecule has 0 N–H and O–H groups in total. The predicted octanol–water partition coefficient (Wildman–Crippen LogP) is 4.00. The van der Waals surface area contributed by atoms with Gasteiger partial charge in [0.15, 0.2) is 0 Å². The molecule has 0 aliphatic rings. The van der Waals surface area contributed by atoms with Gasteiger partial charge in [-0.2, -0.15) is 0 Å². The summed E-state index contributed by atoms with van der Waals surface area (Å²) in [5, 5.41) is 0.548. The molecule has 3 nitrogen and oxygen atoms in total. The number of anilines is 1. The molecule has 0 saturated heterocycles. The fraction of sp³-hybridized carbons (Fsp3) is 0.200. The van der Waals surface area contributed by atoms with E-state index in [1.165, 1.54) is 16.4 Å². The van der Waals surface area contributed by atoms with Gasteiger partial charge < -0.3 is 0 Å². The molecule has 112 valence electrons. The first-order chi connectivity index (χ1) is 9.86. The Morgan fingerprint density at radius 2 is 1.76 bits per heavy atom. The zero-order valence-electron chi connectivity index (χ0n) is 11.7. The van der Waals surface area contributed by atoms with Crippen LogP contribution in [0.2, 0.25) is 5.02 Å². The molecule has 6 heteroatoms. The number of nitrogens with zero attached hydrogens (tertiary/aromatic N) is 1. The lowest BCUT2D eigenvalue weighted by Crippen LogP contribution is -2.31. The van der Waals surface area contributed by atoms with E-state index < -0.39 is 15.8 Å². The van der Waals surface area contributed by atoms with Crippen molar-refractivity contribution in [2.75, 3.05) is 10.8 Å². The van der Waals surface area contributed by atoms with Crippen molar-refractivity contribution >= 4 is 27.3 Å². The van der Waals surface area contributed by atoms with Crippen LogP contribution in [0.15, 0.2) is 47.4 Å². The normalized spacial score (nSPS) is 11.4. The highest BCUT2D eigenvalue weighted by molar-refractivity contribution is 7.92. The highest BCUT2D eigenvalue weighted by atomic mass is 35.5. The monoisotopic (exact) mass is 327 g/mol. The molecule has 0 fully saturated rings. The molecule has 0 saturated carbocycles. The third kappa shape index (κ3) is 3.19. The SMILES string of the molecule is CCN(c1ccc(Cl)cc1C)S(=O)(=O)c1ccc(F)cc1. The molecule has 0 atom stereocenters. The molecule has 0 aliphatic carbocycles. The molecule has 2 aromatic rings. The molecule has 2 aromatic carbocycles. The van der Waals surface area contributed by atoms with Crippen molar-refractivity contribution in [2.45, 2.75) is 18.7 Å². The Balaban J connectivity index is 2.51. The molecule has 0 spiro atoms. The van der Waals surface area contributed by atoms with E-state index in [0.717, 1.165) is 17.7 Å². The van der Waals surface area contributed by atoms with Gasteiger partial charge in [0, 0.05) is 11.6 Å². The third-order valence-electron chi connectivity index (χ3n) is 3.12. The molecule has 2 rings (SSSR count). The van der Waals surface area contributed by atoms with Crippen LogP contribution in [0.4, 0.5) is 10.1 Å². The Kier molecular flexibility index (Phi) is 4.54. The van der Waals surface area contributed by atoms with Crippen molar-refractivity contribution in [3.05, 3.63) is 58.9 Å². The maximum absolute atomic E-state index is 13.0. The molecule has 0 heterocycles. The fourth-order valence-corrected chi connectivity index (χ4v) is 3.87. The van der Waals surface area contributed by atoms with Gasteiger partial charge in [0.25, 0.3) is 10.0 Å². The zero-order chi connectivity index (χ0) is 15.6. The topological polar surface area (TPSA) is 37.4 Å². The molecule has 0 bridgehead atoms. The number of rotatable bonds is 4. The molecular weight excluding hydrogens is 313 g/mol. The Bertz CT molecular complexity index is 745. The standard InChI is InChI=1S/C15H15ClFNO2S/c1-3-18(15-9-4-12(16)10-11(15)2)21(19,20)14-7-5-13(17)6-8-14/h4-10H,3H2,1-2H3. The fourth-order valence-electron chi connectivity index (χ4n) is 2.10. The van der Waals surface area contributed by atoms with Crippen LogP contribution < -0.4 is 4.31 Å². The van der Waals surface area contributed by atoms with Gasteiger partial charge in [0.2, 0.25) is 0 Å². The first-order valence-electron chi connectivity index (χ1n) is 6.40. The van der Waals surface area contributed by atoms with E-state index in [0.29, 0.717) is 10.7 Å². The number of halogens is 2. The highest BCUT2D eigenvalue weighted by Crippen LogP contribution is 2.28. The van der Waals surface area contributed by atoms with Crippen molar-refractivity contribution in [1.82, 2.24) is 0 Å². The largest absolute Gasteiger partial charge is 0.266 e. The minimum absolute atomic E-state index is 0.0556. The lowest BCUT2D eigenvalue weighted by Gasteiger charge is -2.24. The van der Waals surface area contributed by atoms with Crippen LogP contribution in [0.5, 0.6) is 0 Å². The van der Waals surface area contributed by atoms with E-state index in [-0.39, 0.29) is 11.4 Å². The summed E-state index contributed by atoms with van der Waals surface area (Å²) >= 11 is 5.90. The molecule has 0 radical (unpaired) electrons. The Morgan fingerprint density at radius 3 is 2.29 bits per heavy atom.